The Hall–Kier alpha value is -1.40. The SMILES string of the molecule is N#CCCCCCCC(=O)c1ccc(Cl)nc1. The van der Waals surface area contributed by atoms with Crippen molar-refractivity contribution in [3.63, 3.8) is 0 Å². The molecule has 0 aromatic carbocycles. The van der Waals surface area contributed by atoms with E-state index in [2.05, 4.69) is 11.1 Å². The Balaban J connectivity index is 2.21. The van der Waals surface area contributed by atoms with Crippen molar-refractivity contribution in [1.82, 2.24) is 4.98 Å². The van der Waals surface area contributed by atoms with Gasteiger partial charge in [-0.3, -0.25) is 4.79 Å². The molecule has 0 atom stereocenters. The Kier molecular flexibility index (Phi) is 6.27. The molecule has 3 nitrogen and oxygen atoms in total. The third kappa shape index (κ3) is 5.46. The van der Waals surface area contributed by atoms with Crippen LogP contribution < -0.4 is 0 Å². The number of rotatable bonds is 7. The Labute approximate surface area is 106 Å². The van der Waals surface area contributed by atoms with Crippen molar-refractivity contribution in [3.05, 3.63) is 29.0 Å². The molecule has 1 aromatic heterocycles. The van der Waals surface area contributed by atoms with E-state index in [-0.39, 0.29) is 5.78 Å². The topological polar surface area (TPSA) is 53.8 Å². The Morgan fingerprint density at radius 2 is 2.06 bits per heavy atom. The van der Waals surface area contributed by atoms with E-state index >= 15 is 0 Å². The monoisotopic (exact) mass is 250 g/mol. The maximum Gasteiger partial charge on any atom is 0.164 e. The number of Topliss-reactive ketones (excluding diaryl/α,β-unsaturated/α-hetero) is 1. The number of aromatic nitrogens is 1. The minimum Gasteiger partial charge on any atom is -0.294 e. The second kappa shape index (κ2) is 7.81. The fourth-order valence-electron chi connectivity index (χ4n) is 1.53. The van der Waals surface area contributed by atoms with Crippen LogP contribution in [0.4, 0.5) is 0 Å². The molecule has 0 unspecified atom stereocenters. The summed E-state index contributed by atoms with van der Waals surface area (Å²) in [6.07, 6.45) is 6.46. The molecule has 0 aliphatic heterocycles. The lowest BCUT2D eigenvalue weighted by atomic mass is 10.1. The highest BCUT2D eigenvalue weighted by Gasteiger charge is 2.05. The largest absolute Gasteiger partial charge is 0.294 e. The number of nitriles is 1. The number of carbonyl (C=O) groups excluding carboxylic acids is 1. The molecule has 1 heterocycles. The fraction of sp³-hybridized carbons (Fsp3) is 0.462. The van der Waals surface area contributed by atoms with Gasteiger partial charge in [-0.25, -0.2) is 4.98 Å². The van der Waals surface area contributed by atoms with Gasteiger partial charge in [0.05, 0.1) is 6.07 Å². The summed E-state index contributed by atoms with van der Waals surface area (Å²) in [7, 11) is 0. The van der Waals surface area contributed by atoms with Crippen molar-refractivity contribution in [3.8, 4) is 6.07 Å². The summed E-state index contributed by atoms with van der Waals surface area (Å²) in [6, 6.07) is 5.44. The van der Waals surface area contributed by atoms with Gasteiger partial charge in [0.15, 0.2) is 5.78 Å². The summed E-state index contributed by atoms with van der Waals surface area (Å²) in [4.78, 5) is 15.6. The van der Waals surface area contributed by atoms with Gasteiger partial charge in [-0.1, -0.05) is 24.4 Å². The first-order valence-corrected chi connectivity index (χ1v) is 6.13. The van der Waals surface area contributed by atoms with Crippen molar-refractivity contribution < 1.29 is 4.79 Å². The van der Waals surface area contributed by atoms with Gasteiger partial charge in [0.25, 0.3) is 0 Å². The maximum atomic E-state index is 11.7. The molecule has 0 saturated carbocycles. The van der Waals surface area contributed by atoms with Crippen molar-refractivity contribution >= 4 is 17.4 Å². The second-order valence-electron chi connectivity index (χ2n) is 3.87. The van der Waals surface area contributed by atoms with Crippen LogP contribution in [-0.4, -0.2) is 10.8 Å². The van der Waals surface area contributed by atoms with Gasteiger partial charge in [-0.05, 0) is 25.0 Å². The highest BCUT2D eigenvalue weighted by molar-refractivity contribution is 6.29. The zero-order valence-electron chi connectivity index (χ0n) is 9.66. The van der Waals surface area contributed by atoms with E-state index in [1.54, 1.807) is 12.1 Å². The van der Waals surface area contributed by atoms with Crippen molar-refractivity contribution in [2.45, 2.75) is 38.5 Å². The molecule has 90 valence electrons. The standard InChI is InChI=1S/C13H15ClN2O/c14-13-8-7-11(10-16-13)12(17)6-4-2-1-3-5-9-15/h7-8,10H,1-6H2. The fourth-order valence-corrected chi connectivity index (χ4v) is 1.64. The molecule has 0 radical (unpaired) electrons. The molecule has 4 heteroatoms. The lowest BCUT2D eigenvalue weighted by molar-refractivity contribution is 0.0979. The van der Waals surface area contributed by atoms with Crippen LogP contribution >= 0.6 is 11.6 Å². The van der Waals surface area contributed by atoms with Crippen molar-refractivity contribution in [2.24, 2.45) is 0 Å². The van der Waals surface area contributed by atoms with Gasteiger partial charge in [-0.2, -0.15) is 5.26 Å². The Bertz CT molecular complexity index is 395. The summed E-state index contributed by atoms with van der Waals surface area (Å²) in [5.74, 6) is 0.106. The van der Waals surface area contributed by atoms with E-state index in [0.717, 1.165) is 25.7 Å². The van der Waals surface area contributed by atoms with Crippen LogP contribution in [0.3, 0.4) is 0 Å². The lowest BCUT2D eigenvalue weighted by Crippen LogP contribution is -1.99. The predicted octanol–water partition coefficient (Wildman–Crippen LogP) is 3.78. The van der Waals surface area contributed by atoms with Gasteiger partial charge >= 0.3 is 0 Å². The quantitative estimate of drug-likeness (QED) is 0.420. The lowest BCUT2D eigenvalue weighted by Gasteiger charge is -2.00. The second-order valence-corrected chi connectivity index (χ2v) is 4.25. The number of nitrogens with zero attached hydrogens (tertiary/aromatic N) is 2. The van der Waals surface area contributed by atoms with E-state index in [4.69, 9.17) is 16.9 Å². The van der Waals surface area contributed by atoms with Crippen LogP contribution in [0.2, 0.25) is 5.15 Å². The van der Waals surface area contributed by atoms with E-state index in [1.165, 1.54) is 6.20 Å². The highest BCUT2D eigenvalue weighted by atomic mass is 35.5. The first-order chi connectivity index (χ1) is 8.24. The summed E-state index contributed by atoms with van der Waals surface area (Å²) in [6.45, 7) is 0. The summed E-state index contributed by atoms with van der Waals surface area (Å²) < 4.78 is 0. The first-order valence-electron chi connectivity index (χ1n) is 5.75. The van der Waals surface area contributed by atoms with E-state index < -0.39 is 0 Å². The number of unbranched alkanes of at least 4 members (excludes halogenated alkanes) is 4. The van der Waals surface area contributed by atoms with Gasteiger partial charge in [0, 0.05) is 24.6 Å². The van der Waals surface area contributed by atoms with Crippen LogP contribution in [0.25, 0.3) is 0 Å². The van der Waals surface area contributed by atoms with Crippen LogP contribution in [0.1, 0.15) is 48.9 Å². The first kappa shape index (κ1) is 13.7. The summed E-state index contributed by atoms with van der Waals surface area (Å²) in [5.41, 5.74) is 0.617. The molecule has 0 aliphatic carbocycles. The Morgan fingerprint density at radius 3 is 2.71 bits per heavy atom. The number of hydrogen-bond acceptors (Lipinski definition) is 3. The third-order valence-corrected chi connectivity index (χ3v) is 2.72. The van der Waals surface area contributed by atoms with Crippen LogP contribution in [-0.2, 0) is 0 Å². The zero-order valence-corrected chi connectivity index (χ0v) is 10.4. The molecule has 0 amide bonds. The van der Waals surface area contributed by atoms with Crippen LogP contribution in [0, 0.1) is 11.3 Å². The minimum atomic E-state index is 0.106. The molecule has 1 aromatic rings. The minimum absolute atomic E-state index is 0.106. The molecule has 1 rings (SSSR count). The molecule has 0 bridgehead atoms. The average Bonchev–Trinajstić information content (AvgIpc) is 2.34. The molecule has 17 heavy (non-hydrogen) atoms. The van der Waals surface area contributed by atoms with E-state index in [0.29, 0.717) is 23.6 Å². The normalized spacial score (nSPS) is 9.88. The summed E-state index contributed by atoms with van der Waals surface area (Å²) in [5, 5.41) is 8.76. The number of carbonyl (C=O) groups is 1. The number of pyridine rings is 1. The van der Waals surface area contributed by atoms with Crippen LogP contribution in [0.5, 0.6) is 0 Å². The molecule has 0 N–H and O–H groups in total. The van der Waals surface area contributed by atoms with Gasteiger partial charge in [-0.15, -0.1) is 0 Å². The number of hydrogen-bond donors (Lipinski definition) is 0. The number of ketones is 1. The van der Waals surface area contributed by atoms with Gasteiger partial charge in [0.1, 0.15) is 5.15 Å². The molecular formula is C13H15ClN2O. The van der Waals surface area contributed by atoms with E-state index in [1.807, 2.05) is 0 Å². The maximum absolute atomic E-state index is 11.7. The molecule has 0 fully saturated rings. The highest BCUT2D eigenvalue weighted by Crippen LogP contribution is 2.11. The van der Waals surface area contributed by atoms with Gasteiger partial charge < -0.3 is 0 Å². The number of halogens is 1. The Morgan fingerprint density at radius 1 is 1.29 bits per heavy atom. The molecule has 0 saturated heterocycles. The molecule has 0 spiro atoms. The third-order valence-electron chi connectivity index (χ3n) is 2.49. The predicted molar refractivity (Wildman–Crippen MR) is 66.9 cm³/mol. The summed E-state index contributed by atoms with van der Waals surface area (Å²) >= 11 is 5.64. The van der Waals surface area contributed by atoms with Gasteiger partial charge in [0.2, 0.25) is 0 Å². The smallest absolute Gasteiger partial charge is 0.164 e. The molecule has 0 aliphatic rings. The van der Waals surface area contributed by atoms with Crippen LogP contribution in [0.15, 0.2) is 18.3 Å². The van der Waals surface area contributed by atoms with Crippen molar-refractivity contribution in [2.75, 3.05) is 0 Å². The molecular weight excluding hydrogens is 236 g/mol. The van der Waals surface area contributed by atoms with E-state index in [9.17, 15) is 4.79 Å². The average molecular weight is 251 g/mol. The zero-order chi connectivity index (χ0) is 12.5. The van der Waals surface area contributed by atoms with Crippen molar-refractivity contribution in [1.29, 1.82) is 5.26 Å².